The summed E-state index contributed by atoms with van der Waals surface area (Å²) in [6, 6.07) is 26.8. The number of carbonyl (C=O) groups is 1. The number of carbonyl (C=O) groups excluding carboxylic acids is 1. The summed E-state index contributed by atoms with van der Waals surface area (Å²) in [6.45, 7) is 6.00. The van der Waals surface area contributed by atoms with E-state index in [1.165, 1.54) is 78.8 Å². The molecule has 226 valence electrons. The summed E-state index contributed by atoms with van der Waals surface area (Å²) < 4.78 is 10.8. The van der Waals surface area contributed by atoms with E-state index in [9.17, 15) is 4.79 Å². The molecule has 0 aliphatic heterocycles. The number of ether oxygens (including phenoxy) is 2. The zero-order chi connectivity index (χ0) is 30.2. The molecule has 4 heteroatoms. The molecule has 0 radical (unpaired) electrons. The molecular formula is C39H46O4. The third kappa shape index (κ3) is 7.74. The monoisotopic (exact) mass is 578 g/mol. The predicted molar refractivity (Wildman–Crippen MR) is 178 cm³/mol. The Bertz CT molecular complexity index is 1550. The number of unbranched alkanes of at least 4 members (excludes halogenated alkanes) is 2. The number of fused-ring (bicyclic) bond motifs is 2. The van der Waals surface area contributed by atoms with E-state index >= 15 is 0 Å². The van der Waals surface area contributed by atoms with Crippen LogP contribution in [0.4, 0.5) is 0 Å². The lowest BCUT2D eigenvalue weighted by Gasteiger charge is -2.29. The molecule has 1 saturated carbocycles. The van der Waals surface area contributed by atoms with Crippen LogP contribution in [0.15, 0.2) is 84.9 Å². The Morgan fingerprint density at radius 3 is 2.12 bits per heavy atom. The second-order valence-corrected chi connectivity index (χ2v) is 12.4. The average Bonchev–Trinajstić information content (AvgIpc) is 3.05. The predicted octanol–water partition coefficient (Wildman–Crippen LogP) is 9.34. The van der Waals surface area contributed by atoms with Gasteiger partial charge in [-0.2, -0.15) is 0 Å². The number of benzene rings is 4. The van der Waals surface area contributed by atoms with Gasteiger partial charge in [-0.3, -0.25) is 0 Å². The number of methoxy groups -OCH3 is 1. The molecule has 43 heavy (non-hydrogen) atoms. The lowest BCUT2D eigenvalue weighted by Crippen LogP contribution is -2.18. The molecule has 5 rings (SSSR count). The van der Waals surface area contributed by atoms with Gasteiger partial charge in [0, 0.05) is 13.0 Å². The highest BCUT2D eigenvalue weighted by atomic mass is 16.5. The molecule has 0 heterocycles. The Morgan fingerprint density at radius 1 is 0.837 bits per heavy atom. The van der Waals surface area contributed by atoms with E-state index < -0.39 is 12.6 Å². The molecule has 1 aliphatic carbocycles. The second kappa shape index (κ2) is 14.8. The maximum atomic E-state index is 12.0. The van der Waals surface area contributed by atoms with Gasteiger partial charge in [-0.15, -0.1) is 0 Å². The van der Waals surface area contributed by atoms with Crippen molar-refractivity contribution >= 4 is 27.5 Å². The lowest BCUT2D eigenvalue weighted by molar-refractivity contribution is -0.140. The summed E-state index contributed by atoms with van der Waals surface area (Å²) in [7, 11) is 1.64. The average molecular weight is 579 g/mol. The standard InChI is InChI=1S/C39H46O4/c1-4-5-6-7-28-8-10-29(11-9-28)30-12-13-32-21-33(15-14-31(32)20-30)34-16-17-36-23-37(19-18-35(36)22-34)38(25-42-3)26-43-39(41)27(2)24-40/h12-23,28-29,38,40H,2,4-11,24-26H2,1,3H3. The van der Waals surface area contributed by atoms with E-state index in [2.05, 4.69) is 86.3 Å². The highest BCUT2D eigenvalue weighted by Gasteiger charge is 2.22. The van der Waals surface area contributed by atoms with E-state index in [4.69, 9.17) is 14.6 Å². The van der Waals surface area contributed by atoms with Crippen molar-refractivity contribution in [2.45, 2.75) is 70.1 Å². The molecule has 4 aromatic carbocycles. The number of rotatable bonds is 13. The molecule has 4 nitrogen and oxygen atoms in total. The molecule has 1 fully saturated rings. The number of aliphatic hydroxyl groups excluding tert-OH is 1. The minimum Gasteiger partial charge on any atom is -0.462 e. The van der Waals surface area contributed by atoms with Gasteiger partial charge in [-0.05, 0) is 93.5 Å². The summed E-state index contributed by atoms with van der Waals surface area (Å²) in [4.78, 5) is 12.0. The largest absolute Gasteiger partial charge is 0.462 e. The maximum absolute atomic E-state index is 12.0. The molecule has 1 atom stereocenters. The first-order valence-corrected chi connectivity index (χ1v) is 16.0. The Morgan fingerprint density at radius 2 is 1.47 bits per heavy atom. The first-order chi connectivity index (χ1) is 21.0. The topological polar surface area (TPSA) is 55.8 Å². The molecule has 0 amide bonds. The zero-order valence-corrected chi connectivity index (χ0v) is 25.8. The van der Waals surface area contributed by atoms with Gasteiger partial charge in [0.05, 0.1) is 18.8 Å². The van der Waals surface area contributed by atoms with Gasteiger partial charge >= 0.3 is 5.97 Å². The number of hydrogen-bond donors (Lipinski definition) is 1. The zero-order valence-electron chi connectivity index (χ0n) is 25.8. The van der Waals surface area contributed by atoms with Gasteiger partial charge in [0.2, 0.25) is 0 Å². The molecule has 0 aromatic heterocycles. The fourth-order valence-corrected chi connectivity index (χ4v) is 6.65. The van der Waals surface area contributed by atoms with Gasteiger partial charge in [-0.25, -0.2) is 4.79 Å². The smallest absolute Gasteiger partial charge is 0.335 e. The van der Waals surface area contributed by atoms with Crippen LogP contribution in [0.1, 0.15) is 81.3 Å². The third-order valence-electron chi connectivity index (χ3n) is 9.33. The molecule has 0 bridgehead atoms. The Kier molecular flexibility index (Phi) is 10.7. The molecule has 4 aromatic rings. The molecule has 1 aliphatic rings. The first kappa shape index (κ1) is 31.0. The number of hydrogen-bond acceptors (Lipinski definition) is 4. The minimum atomic E-state index is -0.582. The van der Waals surface area contributed by atoms with Gasteiger partial charge in [-0.1, -0.05) is 99.8 Å². The van der Waals surface area contributed by atoms with Crippen LogP contribution in [0.5, 0.6) is 0 Å². The maximum Gasteiger partial charge on any atom is 0.335 e. The van der Waals surface area contributed by atoms with Crippen molar-refractivity contribution in [1.82, 2.24) is 0 Å². The highest BCUT2D eigenvalue weighted by Crippen LogP contribution is 2.39. The van der Waals surface area contributed by atoms with Gasteiger partial charge < -0.3 is 14.6 Å². The summed E-state index contributed by atoms with van der Waals surface area (Å²) in [6.07, 6.45) is 11.0. The van der Waals surface area contributed by atoms with Crippen LogP contribution in [-0.2, 0) is 14.3 Å². The van der Waals surface area contributed by atoms with E-state index in [1.54, 1.807) is 7.11 Å². The van der Waals surface area contributed by atoms with Crippen LogP contribution >= 0.6 is 0 Å². The van der Waals surface area contributed by atoms with Crippen LogP contribution in [0.2, 0.25) is 0 Å². The summed E-state index contributed by atoms with van der Waals surface area (Å²) in [5, 5.41) is 14.0. The summed E-state index contributed by atoms with van der Waals surface area (Å²) in [5.74, 6) is 0.943. The van der Waals surface area contributed by atoms with Gasteiger partial charge in [0.1, 0.15) is 6.61 Å². The fourth-order valence-electron chi connectivity index (χ4n) is 6.65. The summed E-state index contributed by atoms with van der Waals surface area (Å²) >= 11 is 0. The van der Waals surface area contributed by atoms with Gasteiger partial charge in [0.15, 0.2) is 0 Å². The van der Waals surface area contributed by atoms with Crippen molar-refractivity contribution in [3.63, 3.8) is 0 Å². The second-order valence-electron chi connectivity index (χ2n) is 12.4. The van der Waals surface area contributed by atoms with Crippen molar-refractivity contribution < 1.29 is 19.4 Å². The van der Waals surface area contributed by atoms with E-state index in [-0.39, 0.29) is 18.1 Å². The Labute approximate surface area is 256 Å². The molecular weight excluding hydrogens is 532 g/mol. The van der Waals surface area contributed by atoms with Crippen LogP contribution in [-0.4, -0.2) is 38.0 Å². The van der Waals surface area contributed by atoms with E-state index in [0.29, 0.717) is 12.5 Å². The highest BCUT2D eigenvalue weighted by molar-refractivity contribution is 5.92. The van der Waals surface area contributed by atoms with Crippen molar-refractivity contribution in [3.8, 4) is 11.1 Å². The third-order valence-corrected chi connectivity index (χ3v) is 9.33. The van der Waals surface area contributed by atoms with Crippen molar-refractivity contribution in [3.05, 3.63) is 96.1 Å². The Balaban J connectivity index is 1.28. The Hall–Kier alpha value is -3.47. The summed E-state index contributed by atoms with van der Waals surface area (Å²) in [5.41, 5.74) is 5.00. The van der Waals surface area contributed by atoms with Crippen molar-refractivity contribution in [2.24, 2.45) is 5.92 Å². The van der Waals surface area contributed by atoms with Gasteiger partial charge in [0.25, 0.3) is 0 Å². The van der Waals surface area contributed by atoms with Crippen LogP contribution in [0.3, 0.4) is 0 Å². The van der Waals surface area contributed by atoms with Crippen LogP contribution < -0.4 is 0 Å². The normalized spacial score (nSPS) is 17.7. The number of aliphatic hydroxyl groups is 1. The molecule has 1 N–H and O–H groups in total. The lowest BCUT2D eigenvalue weighted by atomic mass is 9.76. The van der Waals surface area contributed by atoms with E-state index in [1.807, 2.05) is 0 Å². The van der Waals surface area contributed by atoms with Crippen molar-refractivity contribution in [1.29, 1.82) is 0 Å². The minimum absolute atomic E-state index is 0.0479. The molecule has 0 saturated heterocycles. The SMILES string of the molecule is C=C(CO)C(=O)OCC(COC)c1ccc2cc(-c3ccc4cc(C5CCC(CCCCC)CC5)ccc4c3)ccc2c1. The van der Waals surface area contributed by atoms with Crippen LogP contribution in [0.25, 0.3) is 32.7 Å². The van der Waals surface area contributed by atoms with Crippen LogP contribution in [0, 0.1) is 5.92 Å². The number of esters is 1. The van der Waals surface area contributed by atoms with E-state index in [0.717, 1.165) is 22.3 Å². The van der Waals surface area contributed by atoms with Crippen molar-refractivity contribution in [2.75, 3.05) is 26.9 Å². The molecule has 1 unspecified atom stereocenters. The quantitative estimate of drug-likeness (QED) is 0.0976. The first-order valence-electron chi connectivity index (χ1n) is 16.0. The molecule has 0 spiro atoms. The fraction of sp³-hybridized carbons (Fsp3) is 0.410.